The van der Waals surface area contributed by atoms with Crippen molar-refractivity contribution in [2.45, 2.75) is 13.5 Å². The fourth-order valence-corrected chi connectivity index (χ4v) is 1.09. The van der Waals surface area contributed by atoms with Crippen LogP contribution in [0.25, 0.3) is 0 Å². The van der Waals surface area contributed by atoms with Crippen LogP contribution in [-0.2, 0) is 11.3 Å². The van der Waals surface area contributed by atoms with Crippen LogP contribution in [0, 0.1) is 12.7 Å². The molecule has 0 saturated carbocycles. The van der Waals surface area contributed by atoms with Gasteiger partial charge in [-0.15, -0.1) is 11.6 Å². The molecule has 14 heavy (non-hydrogen) atoms. The van der Waals surface area contributed by atoms with E-state index in [4.69, 9.17) is 11.6 Å². The van der Waals surface area contributed by atoms with Crippen molar-refractivity contribution in [1.29, 1.82) is 0 Å². The van der Waals surface area contributed by atoms with Gasteiger partial charge >= 0.3 is 0 Å². The Bertz CT molecular complexity index is 341. The zero-order chi connectivity index (χ0) is 10.6. The summed E-state index contributed by atoms with van der Waals surface area (Å²) in [4.78, 5) is 10.8. The monoisotopic (exact) mass is 215 g/mol. The van der Waals surface area contributed by atoms with Crippen molar-refractivity contribution in [1.82, 2.24) is 5.32 Å². The average molecular weight is 216 g/mol. The first kappa shape index (κ1) is 11.0. The zero-order valence-electron chi connectivity index (χ0n) is 7.81. The average Bonchev–Trinajstić information content (AvgIpc) is 2.19. The second-order valence-corrected chi connectivity index (χ2v) is 3.26. The summed E-state index contributed by atoms with van der Waals surface area (Å²) >= 11 is 5.29. The van der Waals surface area contributed by atoms with Gasteiger partial charge in [0.2, 0.25) is 5.91 Å². The largest absolute Gasteiger partial charge is 0.351 e. The molecule has 1 rings (SSSR count). The maximum absolute atomic E-state index is 13.0. The van der Waals surface area contributed by atoms with Crippen LogP contribution in [0.2, 0.25) is 0 Å². The molecule has 1 aromatic rings. The van der Waals surface area contributed by atoms with Gasteiger partial charge in [-0.3, -0.25) is 4.79 Å². The van der Waals surface area contributed by atoms with Crippen LogP contribution >= 0.6 is 11.6 Å². The van der Waals surface area contributed by atoms with Crippen LogP contribution in [-0.4, -0.2) is 11.8 Å². The van der Waals surface area contributed by atoms with Crippen molar-refractivity contribution in [2.75, 3.05) is 5.88 Å². The third-order valence-corrected chi connectivity index (χ3v) is 2.09. The highest BCUT2D eigenvalue weighted by Crippen LogP contribution is 2.08. The van der Waals surface area contributed by atoms with Gasteiger partial charge in [0.25, 0.3) is 0 Å². The summed E-state index contributed by atoms with van der Waals surface area (Å²) in [6, 6.07) is 4.86. The Balaban J connectivity index is 2.60. The molecule has 1 N–H and O–H groups in total. The standard InChI is InChI=1S/C10H11ClFNO/c1-7-2-3-8(4-9(7)12)6-13-10(14)5-11/h2-4H,5-6H2,1H3,(H,13,14). The molecular weight excluding hydrogens is 205 g/mol. The molecule has 0 saturated heterocycles. The normalized spacial score (nSPS) is 9.93. The molecule has 1 amide bonds. The van der Waals surface area contributed by atoms with E-state index in [-0.39, 0.29) is 17.6 Å². The molecule has 0 aliphatic rings. The van der Waals surface area contributed by atoms with Crippen molar-refractivity contribution in [3.05, 3.63) is 35.1 Å². The molecule has 76 valence electrons. The number of hydrogen-bond donors (Lipinski definition) is 1. The van der Waals surface area contributed by atoms with E-state index >= 15 is 0 Å². The summed E-state index contributed by atoms with van der Waals surface area (Å²) in [5.74, 6) is -0.593. The van der Waals surface area contributed by atoms with Crippen LogP contribution in [0.15, 0.2) is 18.2 Å². The second-order valence-electron chi connectivity index (χ2n) is 2.99. The summed E-state index contributed by atoms with van der Waals surface area (Å²) in [7, 11) is 0. The van der Waals surface area contributed by atoms with Gasteiger partial charge in [0.15, 0.2) is 0 Å². The molecule has 0 unspecified atom stereocenters. The van der Waals surface area contributed by atoms with Gasteiger partial charge in [-0.25, -0.2) is 4.39 Å². The highest BCUT2D eigenvalue weighted by atomic mass is 35.5. The molecule has 0 radical (unpaired) electrons. The summed E-state index contributed by atoms with van der Waals surface area (Å²) in [5.41, 5.74) is 1.32. The maximum Gasteiger partial charge on any atom is 0.235 e. The SMILES string of the molecule is Cc1ccc(CNC(=O)CCl)cc1F. The lowest BCUT2D eigenvalue weighted by Crippen LogP contribution is -2.23. The number of carbonyl (C=O) groups excluding carboxylic acids is 1. The van der Waals surface area contributed by atoms with Crippen molar-refractivity contribution in [2.24, 2.45) is 0 Å². The van der Waals surface area contributed by atoms with Crippen LogP contribution in [0.3, 0.4) is 0 Å². The predicted molar refractivity (Wildman–Crippen MR) is 53.7 cm³/mol. The number of benzene rings is 1. The van der Waals surface area contributed by atoms with Crippen molar-refractivity contribution in [3.8, 4) is 0 Å². The number of alkyl halides is 1. The Kier molecular flexibility index (Phi) is 3.89. The first-order chi connectivity index (χ1) is 6.63. The molecule has 0 spiro atoms. The van der Waals surface area contributed by atoms with E-state index in [1.165, 1.54) is 6.07 Å². The Hall–Kier alpha value is -1.09. The van der Waals surface area contributed by atoms with Crippen molar-refractivity contribution >= 4 is 17.5 Å². The molecule has 1 aromatic carbocycles. The number of nitrogens with one attached hydrogen (secondary N) is 1. The Morgan fingerprint density at radius 1 is 1.57 bits per heavy atom. The topological polar surface area (TPSA) is 29.1 Å². The molecular formula is C10H11ClFNO. The van der Waals surface area contributed by atoms with Crippen molar-refractivity contribution in [3.63, 3.8) is 0 Å². The van der Waals surface area contributed by atoms with Gasteiger partial charge in [0.1, 0.15) is 11.7 Å². The number of aryl methyl sites for hydroxylation is 1. The van der Waals surface area contributed by atoms with E-state index in [0.717, 1.165) is 5.56 Å². The van der Waals surface area contributed by atoms with E-state index in [1.807, 2.05) is 0 Å². The van der Waals surface area contributed by atoms with E-state index in [2.05, 4.69) is 5.32 Å². The third kappa shape index (κ3) is 3.00. The number of halogens is 2. The number of hydrogen-bond acceptors (Lipinski definition) is 1. The van der Waals surface area contributed by atoms with Gasteiger partial charge in [-0.2, -0.15) is 0 Å². The minimum Gasteiger partial charge on any atom is -0.351 e. The first-order valence-electron chi connectivity index (χ1n) is 4.21. The minimum atomic E-state index is -0.261. The van der Waals surface area contributed by atoms with Crippen LogP contribution < -0.4 is 5.32 Å². The van der Waals surface area contributed by atoms with E-state index < -0.39 is 0 Å². The molecule has 0 heterocycles. The fraction of sp³-hybridized carbons (Fsp3) is 0.300. The lowest BCUT2D eigenvalue weighted by molar-refractivity contribution is -0.118. The summed E-state index contributed by atoms with van der Waals surface area (Å²) in [6.45, 7) is 2.00. The highest BCUT2D eigenvalue weighted by molar-refractivity contribution is 6.27. The first-order valence-corrected chi connectivity index (χ1v) is 4.74. The van der Waals surface area contributed by atoms with Crippen LogP contribution in [0.1, 0.15) is 11.1 Å². The third-order valence-electron chi connectivity index (χ3n) is 1.85. The number of carbonyl (C=O) groups is 1. The molecule has 0 aliphatic carbocycles. The van der Waals surface area contributed by atoms with E-state index in [0.29, 0.717) is 12.1 Å². The molecule has 2 nitrogen and oxygen atoms in total. The van der Waals surface area contributed by atoms with E-state index in [9.17, 15) is 9.18 Å². The lowest BCUT2D eigenvalue weighted by Gasteiger charge is -2.04. The minimum absolute atomic E-state index is 0.0751. The smallest absolute Gasteiger partial charge is 0.235 e. The Labute approximate surface area is 87.1 Å². The van der Waals surface area contributed by atoms with Gasteiger partial charge in [0.05, 0.1) is 0 Å². The van der Waals surface area contributed by atoms with Gasteiger partial charge in [-0.1, -0.05) is 12.1 Å². The number of rotatable bonds is 3. The predicted octanol–water partition coefficient (Wildman–Crippen LogP) is 1.99. The van der Waals surface area contributed by atoms with Crippen LogP contribution in [0.5, 0.6) is 0 Å². The molecule has 0 aromatic heterocycles. The molecule has 0 atom stereocenters. The number of amides is 1. The summed E-state index contributed by atoms with van der Waals surface area (Å²) < 4.78 is 13.0. The highest BCUT2D eigenvalue weighted by Gasteiger charge is 2.01. The van der Waals surface area contributed by atoms with Crippen molar-refractivity contribution < 1.29 is 9.18 Å². The Morgan fingerprint density at radius 2 is 2.29 bits per heavy atom. The van der Waals surface area contributed by atoms with Gasteiger partial charge in [0, 0.05) is 6.54 Å². The fourth-order valence-electron chi connectivity index (χ4n) is 0.994. The quantitative estimate of drug-likeness (QED) is 0.768. The summed E-state index contributed by atoms with van der Waals surface area (Å²) in [5, 5.41) is 2.56. The van der Waals surface area contributed by atoms with Gasteiger partial charge < -0.3 is 5.32 Å². The van der Waals surface area contributed by atoms with Gasteiger partial charge in [-0.05, 0) is 24.1 Å². The maximum atomic E-state index is 13.0. The molecule has 0 bridgehead atoms. The molecule has 0 fully saturated rings. The molecule has 4 heteroatoms. The summed E-state index contributed by atoms with van der Waals surface area (Å²) in [6.07, 6.45) is 0. The van der Waals surface area contributed by atoms with Crippen LogP contribution in [0.4, 0.5) is 4.39 Å². The zero-order valence-corrected chi connectivity index (χ0v) is 8.57. The molecule has 0 aliphatic heterocycles. The lowest BCUT2D eigenvalue weighted by atomic mass is 10.1. The van der Waals surface area contributed by atoms with E-state index in [1.54, 1.807) is 19.1 Å². The second kappa shape index (κ2) is 4.96. The Morgan fingerprint density at radius 3 is 2.86 bits per heavy atom.